The molecule has 19 heavy (non-hydrogen) atoms. The van der Waals surface area contributed by atoms with Gasteiger partial charge in [-0.25, -0.2) is 4.98 Å². The summed E-state index contributed by atoms with van der Waals surface area (Å²) in [4.78, 5) is 14.9. The monoisotopic (exact) mass is 256 g/mol. The van der Waals surface area contributed by atoms with Crippen LogP contribution in [0.5, 0.6) is 5.75 Å². The summed E-state index contributed by atoms with van der Waals surface area (Å²) < 4.78 is 0. The van der Waals surface area contributed by atoms with Gasteiger partial charge in [-0.15, -0.1) is 10.2 Å². The van der Waals surface area contributed by atoms with Crippen LogP contribution in [-0.2, 0) is 4.79 Å². The molecule has 0 aliphatic rings. The lowest BCUT2D eigenvalue weighted by Gasteiger charge is -2.03. The number of rotatable bonds is 3. The summed E-state index contributed by atoms with van der Waals surface area (Å²) in [5.41, 5.74) is 0.807. The summed E-state index contributed by atoms with van der Waals surface area (Å²) in [6, 6.07) is 9.88. The lowest BCUT2D eigenvalue weighted by molar-refractivity contribution is -0.114. The van der Waals surface area contributed by atoms with E-state index in [2.05, 4.69) is 20.5 Å². The number of nitrogens with zero attached hydrogens (tertiary/aromatic N) is 3. The maximum atomic E-state index is 10.9. The largest absolute Gasteiger partial charge is 0.506 e. The Bertz CT molecular complexity index is 611. The van der Waals surface area contributed by atoms with Crippen molar-refractivity contribution in [1.29, 1.82) is 0 Å². The van der Waals surface area contributed by atoms with Crippen molar-refractivity contribution in [1.82, 2.24) is 4.98 Å². The molecule has 1 heterocycles. The topological polar surface area (TPSA) is 86.9 Å². The van der Waals surface area contributed by atoms with E-state index in [4.69, 9.17) is 0 Å². The maximum Gasteiger partial charge on any atom is 0.221 e. The number of hydrogen-bond acceptors (Lipinski definition) is 5. The molecule has 96 valence electrons. The maximum absolute atomic E-state index is 10.9. The minimum Gasteiger partial charge on any atom is -0.506 e. The van der Waals surface area contributed by atoms with Crippen molar-refractivity contribution in [3.05, 3.63) is 42.6 Å². The van der Waals surface area contributed by atoms with Gasteiger partial charge in [0.1, 0.15) is 11.4 Å². The van der Waals surface area contributed by atoms with Gasteiger partial charge in [0.15, 0.2) is 5.82 Å². The highest BCUT2D eigenvalue weighted by Gasteiger charge is 2.03. The van der Waals surface area contributed by atoms with Crippen LogP contribution in [0.3, 0.4) is 0 Å². The number of aromatic hydroxyl groups is 1. The summed E-state index contributed by atoms with van der Waals surface area (Å²) in [6.45, 7) is 1.39. The fourth-order valence-corrected chi connectivity index (χ4v) is 1.41. The Balaban J connectivity index is 2.18. The zero-order valence-electron chi connectivity index (χ0n) is 10.2. The number of benzene rings is 1. The first-order chi connectivity index (χ1) is 9.15. The van der Waals surface area contributed by atoms with E-state index in [9.17, 15) is 9.90 Å². The van der Waals surface area contributed by atoms with E-state index in [0.717, 1.165) is 0 Å². The Morgan fingerprint density at radius 2 is 2.11 bits per heavy atom. The molecule has 6 heteroatoms. The zero-order valence-corrected chi connectivity index (χ0v) is 10.2. The average Bonchev–Trinajstić information content (AvgIpc) is 2.38. The predicted molar refractivity (Wildman–Crippen MR) is 70.8 cm³/mol. The standard InChI is InChI=1S/C13H12N4O2/c1-9(18)15-10-5-6-11(12(19)8-10)16-17-13-4-2-3-7-14-13/h2-8,19H,1H3,(H,15,18). The van der Waals surface area contributed by atoms with E-state index < -0.39 is 0 Å². The Morgan fingerprint density at radius 3 is 2.74 bits per heavy atom. The number of phenolic OH excluding ortho intramolecular Hbond substituents is 1. The Kier molecular flexibility index (Phi) is 3.82. The van der Waals surface area contributed by atoms with Gasteiger partial charge < -0.3 is 10.4 Å². The van der Waals surface area contributed by atoms with E-state index in [1.54, 1.807) is 36.5 Å². The number of aromatic nitrogens is 1. The molecule has 0 unspecified atom stereocenters. The first-order valence-electron chi connectivity index (χ1n) is 5.58. The fourth-order valence-electron chi connectivity index (χ4n) is 1.41. The number of azo groups is 1. The molecule has 0 radical (unpaired) electrons. The number of phenols is 1. The predicted octanol–water partition coefficient (Wildman–Crippen LogP) is 3.16. The molecule has 2 N–H and O–H groups in total. The normalized spacial score (nSPS) is 10.6. The van der Waals surface area contributed by atoms with Crippen LogP contribution in [0.1, 0.15) is 6.92 Å². The Hall–Kier alpha value is -2.76. The van der Waals surface area contributed by atoms with Gasteiger partial charge in [-0.05, 0) is 24.3 Å². The van der Waals surface area contributed by atoms with Gasteiger partial charge in [-0.3, -0.25) is 4.79 Å². The van der Waals surface area contributed by atoms with Gasteiger partial charge in [-0.1, -0.05) is 6.07 Å². The number of anilines is 1. The molecule has 0 fully saturated rings. The molecule has 1 amide bonds. The molecule has 6 nitrogen and oxygen atoms in total. The average molecular weight is 256 g/mol. The van der Waals surface area contributed by atoms with Crippen molar-refractivity contribution in [2.24, 2.45) is 10.2 Å². The zero-order chi connectivity index (χ0) is 13.7. The quantitative estimate of drug-likeness (QED) is 0.827. The Labute approximate surface area is 109 Å². The minimum atomic E-state index is -0.206. The number of carbonyl (C=O) groups is 1. The smallest absolute Gasteiger partial charge is 0.221 e. The number of carbonyl (C=O) groups excluding carboxylic acids is 1. The van der Waals surface area contributed by atoms with Crippen molar-refractivity contribution in [3.8, 4) is 5.75 Å². The third-order valence-electron chi connectivity index (χ3n) is 2.21. The second-order valence-electron chi connectivity index (χ2n) is 3.77. The molecule has 1 aromatic carbocycles. The molecule has 0 bridgehead atoms. The molecule has 2 aromatic rings. The molecule has 0 aliphatic carbocycles. The van der Waals surface area contributed by atoms with Gasteiger partial charge in [0.2, 0.25) is 5.91 Å². The van der Waals surface area contributed by atoms with Gasteiger partial charge >= 0.3 is 0 Å². The number of hydrogen-bond donors (Lipinski definition) is 2. The van der Waals surface area contributed by atoms with Gasteiger partial charge in [-0.2, -0.15) is 0 Å². The molecule has 0 spiro atoms. The second-order valence-corrected chi connectivity index (χ2v) is 3.77. The van der Waals surface area contributed by atoms with E-state index in [-0.39, 0.29) is 11.7 Å². The molecule has 0 saturated carbocycles. The number of pyridine rings is 1. The highest BCUT2D eigenvalue weighted by atomic mass is 16.3. The minimum absolute atomic E-state index is 0.0640. The molecule has 0 atom stereocenters. The summed E-state index contributed by atoms with van der Waals surface area (Å²) in [7, 11) is 0. The summed E-state index contributed by atoms with van der Waals surface area (Å²) in [5.74, 6) is 0.182. The summed E-state index contributed by atoms with van der Waals surface area (Å²) >= 11 is 0. The van der Waals surface area contributed by atoms with Crippen LogP contribution in [-0.4, -0.2) is 16.0 Å². The molecule has 1 aromatic heterocycles. The SMILES string of the molecule is CC(=O)Nc1ccc(N=Nc2ccccn2)c(O)c1. The summed E-state index contributed by atoms with van der Waals surface area (Å²) in [5, 5.41) is 20.1. The Morgan fingerprint density at radius 1 is 1.26 bits per heavy atom. The van der Waals surface area contributed by atoms with Crippen LogP contribution in [0, 0.1) is 0 Å². The van der Waals surface area contributed by atoms with Crippen LogP contribution >= 0.6 is 0 Å². The van der Waals surface area contributed by atoms with Crippen LogP contribution in [0.2, 0.25) is 0 Å². The number of amides is 1. The third-order valence-corrected chi connectivity index (χ3v) is 2.21. The van der Waals surface area contributed by atoms with Crippen LogP contribution < -0.4 is 5.32 Å². The molecular weight excluding hydrogens is 244 g/mol. The number of nitrogens with one attached hydrogen (secondary N) is 1. The lowest BCUT2D eigenvalue weighted by Crippen LogP contribution is -2.05. The first kappa shape index (κ1) is 12.7. The van der Waals surface area contributed by atoms with E-state index in [0.29, 0.717) is 17.2 Å². The van der Waals surface area contributed by atoms with Crippen molar-refractivity contribution >= 4 is 23.1 Å². The van der Waals surface area contributed by atoms with E-state index in [1.165, 1.54) is 13.0 Å². The fraction of sp³-hybridized carbons (Fsp3) is 0.0769. The van der Waals surface area contributed by atoms with Crippen LogP contribution in [0.4, 0.5) is 17.2 Å². The lowest BCUT2D eigenvalue weighted by atomic mass is 10.2. The van der Waals surface area contributed by atoms with Crippen molar-refractivity contribution < 1.29 is 9.90 Å². The van der Waals surface area contributed by atoms with Crippen molar-refractivity contribution in [2.75, 3.05) is 5.32 Å². The van der Waals surface area contributed by atoms with Crippen LogP contribution in [0.15, 0.2) is 52.8 Å². The van der Waals surface area contributed by atoms with Crippen molar-refractivity contribution in [3.63, 3.8) is 0 Å². The second kappa shape index (κ2) is 5.72. The van der Waals surface area contributed by atoms with Crippen molar-refractivity contribution in [2.45, 2.75) is 6.92 Å². The third kappa shape index (κ3) is 3.60. The van der Waals surface area contributed by atoms with E-state index >= 15 is 0 Å². The van der Waals surface area contributed by atoms with Gasteiger partial charge in [0, 0.05) is 24.9 Å². The highest BCUT2D eigenvalue weighted by Crippen LogP contribution is 2.30. The molecule has 2 rings (SSSR count). The summed E-state index contributed by atoms with van der Waals surface area (Å²) in [6.07, 6.45) is 1.61. The molecule has 0 aliphatic heterocycles. The van der Waals surface area contributed by atoms with Gasteiger partial charge in [0.25, 0.3) is 0 Å². The van der Waals surface area contributed by atoms with Crippen LogP contribution in [0.25, 0.3) is 0 Å². The first-order valence-corrected chi connectivity index (χ1v) is 5.58. The molecule has 0 saturated heterocycles. The van der Waals surface area contributed by atoms with Gasteiger partial charge in [0.05, 0.1) is 0 Å². The highest BCUT2D eigenvalue weighted by molar-refractivity contribution is 5.89. The van der Waals surface area contributed by atoms with E-state index in [1.807, 2.05) is 0 Å². The molecular formula is C13H12N4O2.